The monoisotopic (exact) mass is 178 g/mol. The van der Waals surface area contributed by atoms with Crippen LogP contribution in [0.5, 0.6) is 0 Å². The Morgan fingerprint density at radius 2 is 2.38 bits per heavy atom. The SMILES string of the molecule is Cn1cc2cc([N+](=O)[O-])cnc2n1. The Morgan fingerprint density at radius 1 is 1.62 bits per heavy atom. The number of hydrogen-bond donors (Lipinski definition) is 0. The third kappa shape index (κ3) is 1.22. The summed E-state index contributed by atoms with van der Waals surface area (Å²) < 4.78 is 1.57. The average molecular weight is 178 g/mol. The van der Waals surface area contributed by atoms with E-state index in [-0.39, 0.29) is 5.69 Å². The highest BCUT2D eigenvalue weighted by Crippen LogP contribution is 2.16. The third-order valence-electron chi connectivity index (χ3n) is 1.67. The van der Waals surface area contributed by atoms with Gasteiger partial charge in [-0.05, 0) is 0 Å². The second-order valence-electron chi connectivity index (χ2n) is 2.67. The molecule has 0 spiro atoms. The number of nitro groups is 1. The third-order valence-corrected chi connectivity index (χ3v) is 1.67. The average Bonchev–Trinajstić information content (AvgIpc) is 2.42. The summed E-state index contributed by atoms with van der Waals surface area (Å²) in [6, 6.07) is 1.45. The molecular formula is C7H6N4O2. The van der Waals surface area contributed by atoms with Crippen molar-refractivity contribution >= 4 is 16.7 Å². The molecule has 0 fully saturated rings. The lowest BCUT2D eigenvalue weighted by atomic mass is 10.3. The van der Waals surface area contributed by atoms with Crippen molar-refractivity contribution in [1.29, 1.82) is 0 Å². The van der Waals surface area contributed by atoms with Crippen LogP contribution < -0.4 is 0 Å². The topological polar surface area (TPSA) is 73.8 Å². The van der Waals surface area contributed by atoms with Crippen LogP contribution in [0.3, 0.4) is 0 Å². The number of aryl methyl sites for hydroxylation is 1. The van der Waals surface area contributed by atoms with Gasteiger partial charge in [-0.1, -0.05) is 0 Å². The lowest BCUT2D eigenvalue weighted by Crippen LogP contribution is -1.88. The van der Waals surface area contributed by atoms with Gasteiger partial charge in [0.15, 0.2) is 5.65 Å². The van der Waals surface area contributed by atoms with Crippen LogP contribution in [0.2, 0.25) is 0 Å². The van der Waals surface area contributed by atoms with Crippen molar-refractivity contribution in [3.05, 3.63) is 28.6 Å². The molecule has 0 aliphatic rings. The highest BCUT2D eigenvalue weighted by atomic mass is 16.6. The minimum atomic E-state index is -0.473. The van der Waals surface area contributed by atoms with E-state index in [4.69, 9.17) is 0 Å². The van der Waals surface area contributed by atoms with Crippen LogP contribution in [-0.4, -0.2) is 19.7 Å². The molecule has 0 aromatic carbocycles. The Kier molecular flexibility index (Phi) is 1.48. The van der Waals surface area contributed by atoms with Crippen molar-refractivity contribution < 1.29 is 4.92 Å². The first-order valence-corrected chi connectivity index (χ1v) is 3.60. The van der Waals surface area contributed by atoms with E-state index in [2.05, 4.69) is 10.1 Å². The molecule has 0 radical (unpaired) electrons. The summed E-state index contributed by atoms with van der Waals surface area (Å²) in [5.74, 6) is 0. The van der Waals surface area contributed by atoms with Gasteiger partial charge >= 0.3 is 0 Å². The Hall–Kier alpha value is -1.98. The zero-order valence-corrected chi connectivity index (χ0v) is 6.84. The van der Waals surface area contributed by atoms with Gasteiger partial charge in [-0.15, -0.1) is 0 Å². The van der Waals surface area contributed by atoms with E-state index in [1.807, 2.05) is 0 Å². The molecule has 6 heteroatoms. The Labute approximate surface area is 73.0 Å². The molecule has 0 saturated carbocycles. The molecular weight excluding hydrogens is 172 g/mol. The maximum Gasteiger partial charge on any atom is 0.288 e. The van der Waals surface area contributed by atoms with Crippen molar-refractivity contribution in [2.24, 2.45) is 7.05 Å². The van der Waals surface area contributed by atoms with Gasteiger partial charge in [0.25, 0.3) is 5.69 Å². The summed E-state index contributed by atoms with van der Waals surface area (Å²) >= 11 is 0. The summed E-state index contributed by atoms with van der Waals surface area (Å²) in [7, 11) is 1.74. The van der Waals surface area contributed by atoms with Crippen molar-refractivity contribution in [3.8, 4) is 0 Å². The minimum Gasteiger partial charge on any atom is -0.273 e. The second kappa shape index (κ2) is 2.51. The molecule has 0 N–H and O–H groups in total. The van der Waals surface area contributed by atoms with E-state index < -0.39 is 4.92 Å². The van der Waals surface area contributed by atoms with Crippen LogP contribution in [0.1, 0.15) is 0 Å². The van der Waals surface area contributed by atoms with Gasteiger partial charge in [-0.3, -0.25) is 14.8 Å². The molecule has 0 aliphatic heterocycles. The molecule has 0 aliphatic carbocycles. The number of fused-ring (bicyclic) bond motifs is 1. The predicted molar refractivity (Wildman–Crippen MR) is 45.2 cm³/mol. The van der Waals surface area contributed by atoms with Crippen molar-refractivity contribution in [3.63, 3.8) is 0 Å². The highest BCUT2D eigenvalue weighted by molar-refractivity contribution is 5.76. The summed E-state index contributed by atoms with van der Waals surface area (Å²) in [6.07, 6.45) is 2.89. The molecule has 0 bridgehead atoms. The number of nitrogens with zero attached hydrogens (tertiary/aromatic N) is 4. The summed E-state index contributed by atoms with van der Waals surface area (Å²) in [4.78, 5) is 13.8. The maximum atomic E-state index is 10.4. The maximum absolute atomic E-state index is 10.4. The van der Waals surface area contributed by atoms with E-state index in [0.717, 1.165) is 0 Å². The fourth-order valence-electron chi connectivity index (χ4n) is 1.12. The molecule has 2 aromatic rings. The zero-order valence-electron chi connectivity index (χ0n) is 6.84. The van der Waals surface area contributed by atoms with Crippen molar-refractivity contribution in [2.45, 2.75) is 0 Å². The fraction of sp³-hybridized carbons (Fsp3) is 0.143. The van der Waals surface area contributed by atoms with Crippen LogP contribution in [0.15, 0.2) is 18.5 Å². The van der Waals surface area contributed by atoms with E-state index in [1.54, 1.807) is 17.9 Å². The van der Waals surface area contributed by atoms with Gasteiger partial charge in [0.1, 0.15) is 6.20 Å². The van der Waals surface area contributed by atoms with Gasteiger partial charge in [0.05, 0.1) is 4.92 Å². The largest absolute Gasteiger partial charge is 0.288 e. The second-order valence-corrected chi connectivity index (χ2v) is 2.67. The molecule has 0 atom stereocenters. The van der Waals surface area contributed by atoms with E-state index in [0.29, 0.717) is 11.0 Å². The molecule has 0 amide bonds. The number of rotatable bonds is 1. The van der Waals surface area contributed by atoms with Gasteiger partial charge < -0.3 is 0 Å². The van der Waals surface area contributed by atoms with E-state index in [1.165, 1.54) is 12.3 Å². The smallest absolute Gasteiger partial charge is 0.273 e. The Bertz CT molecular complexity index is 476. The van der Waals surface area contributed by atoms with Crippen molar-refractivity contribution in [2.75, 3.05) is 0 Å². The molecule has 13 heavy (non-hydrogen) atoms. The lowest BCUT2D eigenvalue weighted by Gasteiger charge is -1.88. The van der Waals surface area contributed by atoms with E-state index >= 15 is 0 Å². The van der Waals surface area contributed by atoms with Gasteiger partial charge in [-0.2, -0.15) is 5.10 Å². The van der Waals surface area contributed by atoms with Gasteiger partial charge in [0, 0.05) is 24.7 Å². The fourth-order valence-corrected chi connectivity index (χ4v) is 1.12. The van der Waals surface area contributed by atoms with Crippen LogP contribution >= 0.6 is 0 Å². The Morgan fingerprint density at radius 3 is 3.08 bits per heavy atom. The Balaban J connectivity index is 2.67. The summed E-state index contributed by atoms with van der Waals surface area (Å²) in [6.45, 7) is 0. The molecule has 6 nitrogen and oxygen atoms in total. The number of hydrogen-bond acceptors (Lipinski definition) is 4. The van der Waals surface area contributed by atoms with E-state index in [9.17, 15) is 10.1 Å². The lowest BCUT2D eigenvalue weighted by molar-refractivity contribution is -0.385. The first-order chi connectivity index (χ1) is 6.16. The molecule has 2 heterocycles. The van der Waals surface area contributed by atoms with Crippen LogP contribution in [-0.2, 0) is 7.05 Å². The number of aromatic nitrogens is 3. The highest BCUT2D eigenvalue weighted by Gasteiger charge is 2.08. The minimum absolute atomic E-state index is 0.0134. The molecule has 0 saturated heterocycles. The van der Waals surface area contributed by atoms with Crippen molar-refractivity contribution in [1.82, 2.24) is 14.8 Å². The number of pyridine rings is 1. The summed E-state index contributed by atoms with van der Waals surface area (Å²) in [5, 5.41) is 15.1. The molecule has 66 valence electrons. The first-order valence-electron chi connectivity index (χ1n) is 3.60. The van der Waals surface area contributed by atoms with Gasteiger partial charge in [0.2, 0.25) is 0 Å². The summed E-state index contributed by atoms with van der Waals surface area (Å²) in [5.41, 5.74) is 0.508. The normalized spacial score (nSPS) is 10.5. The van der Waals surface area contributed by atoms with Gasteiger partial charge in [-0.25, -0.2) is 4.98 Å². The molecule has 2 aromatic heterocycles. The first kappa shape index (κ1) is 7.66. The molecule has 2 rings (SSSR count). The zero-order chi connectivity index (χ0) is 9.42. The molecule has 0 unspecified atom stereocenters. The quantitative estimate of drug-likeness (QED) is 0.479. The van der Waals surface area contributed by atoms with Crippen LogP contribution in [0.4, 0.5) is 5.69 Å². The predicted octanol–water partition coefficient (Wildman–Crippen LogP) is 0.876. The van der Waals surface area contributed by atoms with Crippen LogP contribution in [0, 0.1) is 10.1 Å². The standard InChI is InChI=1S/C7H6N4O2/c1-10-4-5-2-6(11(12)13)3-8-7(5)9-10/h2-4H,1H3. The van der Waals surface area contributed by atoms with Crippen LogP contribution in [0.25, 0.3) is 11.0 Å².